The Hall–Kier alpha value is -0.820. The molecular formula is C18H27N. The van der Waals surface area contributed by atoms with Crippen LogP contribution in [0.5, 0.6) is 0 Å². The van der Waals surface area contributed by atoms with Crippen LogP contribution in [0.2, 0.25) is 0 Å². The predicted octanol–water partition coefficient (Wildman–Crippen LogP) is 4.42. The van der Waals surface area contributed by atoms with Crippen molar-refractivity contribution < 1.29 is 0 Å². The van der Waals surface area contributed by atoms with Crippen molar-refractivity contribution in [3.8, 4) is 0 Å². The summed E-state index contributed by atoms with van der Waals surface area (Å²) in [7, 11) is 0. The fourth-order valence-corrected chi connectivity index (χ4v) is 4.08. The van der Waals surface area contributed by atoms with Gasteiger partial charge in [-0.2, -0.15) is 0 Å². The number of hydrogen-bond donors (Lipinski definition) is 1. The lowest BCUT2D eigenvalue weighted by molar-refractivity contribution is 0.288. The van der Waals surface area contributed by atoms with Gasteiger partial charge in [-0.1, -0.05) is 37.1 Å². The molecule has 0 saturated carbocycles. The van der Waals surface area contributed by atoms with E-state index in [9.17, 15) is 0 Å². The quantitative estimate of drug-likeness (QED) is 0.827. The van der Waals surface area contributed by atoms with Crippen LogP contribution >= 0.6 is 0 Å². The van der Waals surface area contributed by atoms with Gasteiger partial charge >= 0.3 is 0 Å². The summed E-state index contributed by atoms with van der Waals surface area (Å²) in [5.74, 6) is 0.778. The minimum absolute atomic E-state index is 0.367. The first kappa shape index (κ1) is 13.2. The monoisotopic (exact) mass is 257 g/mol. The smallest absolute Gasteiger partial charge is 0.0159 e. The molecular weight excluding hydrogens is 230 g/mol. The van der Waals surface area contributed by atoms with E-state index in [0.29, 0.717) is 5.54 Å². The first-order valence-electron chi connectivity index (χ1n) is 8.10. The molecule has 0 spiro atoms. The molecule has 2 aliphatic rings. The average Bonchev–Trinajstić information content (AvgIpc) is 2.64. The van der Waals surface area contributed by atoms with Gasteiger partial charge in [-0.25, -0.2) is 0 Å². The normalized spacial score (nSPS) is 31.5. The molecule has 2 atom stereocenters. The second-order valence-electron chi connectivity index (χ2n) is 6.79. The van der Waals surface area contributed by atoms with E-state index in [-0.39, 0.29) is 0 Å². The van der Waals surface area contributed by atoms with Crippen molar-refractivity contribution >= 4 is 0 Å². The molecule has 0 radical (unpaired) electrons. The summed E-state index contributed by atoms with van der Waals surface area (Å²) in [6, 6.07) is 9.14. The standard InChI is InChI=1S/C18H27N/c1-18(12-5-2-6-13-19-18)14-16-10-7-9-15-8-3-4-11-17(15)16/h3-4,8,11,16,19H,2,5-7,9-10,12-14H2,1H3. The second kappa shape index (κ2) is 5.66. The number of rotatable bonds is 2. The molecule has 19 heavy (non-hydrogen) atoms. The highest BCUT2D eigenvalue weighted by atomic mass is 15.0. The first-order valence-corrected chi connectivity index (χ1v) is 8.10. The van der Waals surface area contributed by atoms with E-state index in [2.05, 4.69) is 36.5 Å². The fraction of sp³-hybridized carbons (Fsp3) is 0.667. The molecule has 1 fully saturated rings. The van der Waals surface area contributed by atoms with Gasteiger partial charge in [0, 0.05) is 5.54 Å². The van der Waals surface area contributed by atoms with Crippen molar-refractivity contribution in [3.63, 3.8) is 0 Å². The third-order valence-electron chi connectivity index (χ3n) is 5.15. The van der Waals surface area contributed by atoms with Gasteiger partial charge in [-0.3, -0.25) is 0 Å². The van der Waals surface area contributed by atoms with Crippen LogP contribution < -0.4 is 5.32 Å². The summed E-state index contributed by atoms with van der Waals surface area (Å²) in [4.78, 5) is 0. The molecule has 2 unspecified atom stereocenters. The number of benzene rings is 1. The van der Waals surface area contributed by atoms with Gasteiger partial charge in [0.15, 0.2) is 0 Å². The van der Waals surface area contributed by atoms with E-state index in [4.69, 9.17) is 0 Å². The lowest BCUT2D eigenvalue weighted by Crippen LogP contribution is -2.43. The summed E-state index contributed by atoms with van der Waals surface area (Å²) in [6.45, 7) is 3.67. The number of hydrogen-bond acceptors (Lipinski definition) is 1. The van der Waals surface area contributed by atoms with Crippen LogP contribution in [0.3, 0.4) is 0 Å². The fourth-order valence-electron chi connectivity index (χ4n) is 4.08. The van der Waals surface area contributed by atoms with Gasteiger partial charge < -0.3 is 5.32 Å². The van der Waals surface area contributed by atoms with E-state index < -0.39 is 0 Å². The van der Waals surface area contributed by atoms with Crippen LogP contribution in [-0.2, 0) is 6.42 Å². The lowest BCUT2D eigenvalue weighted by Gasteiger charge is -2.36. The Bertz CT molecular complexity index is 415. The van der Waals surface area contributed by atoms with Gasteiger partial charge in [-0.15, -0.1) is 0 Å². The van der Waals surface area contributed by atoms with E-state index in [1.54, 1.807) is 11.1 Å². The number of nitrogens with one attached hydrogen (secondary N) is 1. The van der Waals surface area contributed by atoms with Gasteiger partial charge in [0.2, 0.25) is 0 Å². The maximum absolute atomic E-state index is 3.84. The van der Waals surface area contributed by atoms with E-state index in [1.165, 1.54) is 57.9 Å². The SMILES string of the molecule is CC1(CC2CCCc3ccccc32)CCCCCN1. The Kier molecular flexibility index (Phi) is 3.93. The Balaban J connectivity index is 1.76. The highest BCUT2D eigenvalue weighted by molar-refractivity contribution is 5.33. The molecule has 1 aliphatic carbocycles. The molecule has 1 aliphatic heterocycles. The Morgan fingerprint density at radius 2 is 2.05 bits per heavy atom. The summed E-state index contributed by atoms with van der Waals surface area (Å²) in [5, 5.41) is 3.84. The summed E-state index contributed by atoms with van der Waals surface area (Å²) in [5.41, 5.74) is 3.61. The lowest BCUT2D eigenvalue weighted by atomic mass is 9.75. The molecule has 1 nitrogen and oxygen atoms in total. The zero-order chi connectivity index (χ0) is 13.1. The van der Waals surface area contributed by atoms with Crippen LogP contribution in [0.15, 0.2) is 24.3 Å². The predicted molar refractivity (Wildman–Crippen MR) is 81.6 cm³/mol. The Morgan fingerprint density at radius 1 is 1.16 bits per heavy atom. The largest absolute Gasteiger partial charge is 0.311 e. The molecule has 1 N–H and O–H groups in total. The van der Waals surface area contributed by atoms with Crippen LogP contribution in [0.4, 0.5) is 0 Å². The van der Waals surface area contributed by atoms with Crippen molar-refractivity contribution in [1.82, 2.24) is 5.32 Å². The highest BCUT2D eigenvalue weighted by Gasteiger charge is 2.31. The molecule has 104 valence electrons. The van der Waals surface area contributed by atoms with Crippen molar-refractivity contribution in [2.75, 3.05) is 6.54 Å². The van der Waals surface area contributed by atoms with E-state index >= 15 is 0 Å². The van der Waals surface area contributed by atoms with E-state index in [0.717, 1.165) is 5.92 Å². The van der Waals surface area contributed by atoms with Crippen molar-refractivity contribution in [2.45, 2.75) is 69.7 Å². The van der Waals surface area contributed by atoms with Gasteiger partial charge in [0.05, 0.1) is 0 Å². The summed E-state index contributed by atoms with van der Waals surface area (Å²) < 4.78 is 0. The van der Waals surface area contributed by atoms with Crippen molar-refractivity contribution in [2.24, 2.45) is 0 Å². The number of aryl methyl sites for hydroxylation is 1. The molecule has 1 heterocycles. The second-order valence-corrected chi connectivity index (χ2v) is 6.79. The molecule has 0 bridgehead atoms. The van der Waals surface area contributed by atoms with Crippen LogP contribution in [0, 0.1) is 0 Å². The molecule has 1 heteroatoms. The minimum atomic E-state index is 0.367. The maximum Gasteiger partial charge on any atom is 0.0159 e. The topological polar surface area (TPSA) is 12.0 Å². The summed E-state index contributed by atoms with van der Waals surface area (Å²) >= 11 is 0. The Morgan fingerprint density at radius 3 is 3.00 bits per heavy atom. The highest BCUT2D eigenvalue weighted by Crippen LogP contribution is 2.38. The first-order chi connectivity index (χ1) is 9.27. The van der Waals surface area contributed by atoms with Crippen LogP contribution in [0.1, 0.15) is 68.9 Å². The Labute approximate surface area is 117 Å². The van der Waals surface area contributed by atoms with Crippen LogP contribution in [-0.4, -0.2) is 12.1 Å². The van der Waals surface area contributed by atoms with Gasteiger partial charge in [0.25, 0.3) is 0 Å². The molecule has 3 rings (SSSR count). The third-order valence-corrected chi connectivity index (χ3v) is 5.15. The minimum Gasteiger partial charge on any atom is -0.311 e. The van der Waals surface area contributed by atoms with Gasteiger partial charge in [-0.05, 0) is 69.0 Å². The molecule has 0 amide bonds. The number of fused-ring (bicyclic) bond motifs is 1. The van der Waals surface area contributed by atoms with E-state index in [1.807, 2.05) is 0 Å². The molecule has 0 aromatic heterocycles. The van der Waals surface area contributed by atoms with Crippen molar-refractivity contribution in [1.29, 1.82) is 0 Å². The van der Waals surface area contributed by atoms with Crippen LogP contribution in [0.25, 0.3) is 0 Å². The molecule has 1 aromatic rings. The van der Waals surface area contributed by atoms with Gasteiger partial charge in [0.1, 0.15) is 0 Å². The zero-order valence-electron chi connectivity index (χ0n) is 12.3. The average molecular weight is 257 g/mol. The maximum atomic E-state index is 3.84. The third kappa shape index (κ3) is 3.02. The van der Waals surface area contributed by atoms with Crippen molar-refractivity contribution in [3.05, 3.63) is 35.4 Å². The zero-order valence-corrected chi connectivity index (χ0v) is 12.3. The molecule has 1 aromatic carbocycles. The molecule has 1 saturated heterocycles. The summed E-state index contributed by atoms with van der Waals surface area (Å²) in [6.07, 6.45) is 10.9.